The summed E-state index contributed by atoms with van der Waals surface area (Å²) in [7, 11) is -3.86. The molecule has 31 heavy (non-hydrogen) atoms. The van der Waals surface area contributed by atoms with Gasteiger partial charge in [0.25, 0.3) is 10.0 Å². The molecular weight excluding hydrogens is 417 g/mol. The fourth-order valence-corrected chi connectivity index (χ4v) is 4.83. The Morgan fingerprint density at radius 3 is 2.35 bits per heavy atom. The molecule has 2 N–H and O–H groups in total. The topological polar surface area (TPSA) is 91.7 Å². The highest BCUT2D eigenvalue weighted by Gasteiger charge is 2.32. The van der Waals surface area contributed by atoms with Crippen LogP contribution in [0.5, 0.6) is 5.75 Å². The number of anilines is 1. The largest absolute Gasteiger partial charge is 0.505 e. The van der Waals surface area contributed by atoms with E-state index in [0.717, 1.165) is 5.56 Å². The zero-order chi connectivity index (χ0) is 21.6. The van der Waals surface area contributed by atoms with Gasteiger partial charge >= 0.3 is 0 Å². The fourth-order valence-electron chi connectivity index (χ4n) is 3.61. The van der Waals surface area contributed by atoms with Crippen LogP contribution in [0, 0.1) is 5.82 Å². The van der Waals surface area contributed by atoms with Crippen LogP contribution in [0.15, 0.2) is 82.1 Å². The highest BCUT2D eigenvalue weighted by Crippen LogP contribution is 2.37. The van der Waals surface area contributed by atoms with Gasteiger partial charge in [0.1, 0.15) is 23.0 Å². The first kappa shape index (κ1) is 19.2. The number of hydrogen-bond donors (Lipinski definition) is 2. The molecule has 0 atom stereocenters. The van der Waals surface area contributed by atoms with Gasteiger partial charge in [0.2, 0.25) is 0 Å². The van der Waals surface area contributed by atoms with Crippen LogP contribution in [-0.2, 0) is 16.6 Å². The zero-order valence-corrected chi connectivity index (χ0v) is 16.9. The summed E-state index contributed by atoms with van der Waals surface area (Å²) in [5.74, 6) is -0.0100. The molecule has 1 aliphatic heterocycles. The first-order chi connectivity index (χ1) is 14.9. The van der Waals surface area contributed by atoms with Gasteiger partial charge in [0, 0.05) is 22.9 Å². The van der Waals surface area contributed by atoms with Crippen LogP contribution in [-0.4, -0.2) is 24.2 Å². The molecule has 4 aromatic rings. The molecule has 0 aliphatic carbocycles. The van der Waals surface area contributed by atoms with Gasteiger partial charge in [0.15, 0.2) is 5.75 Å². The van der Waals surface area contributed by atoms with E-state index in [4.69, 9.17) is 0 Å². The first-order valence-electron chi connectivity index (χ1n) is 9.49. The van der Waals surface area contributed by atoms with E-state index in [1.165, 1.54) is 18.2 Å². The van der Waals surface area contributed by atoms with Crippen LogP contribution in [0.1, 0.15) is 16.8 Å². The summed E-state index contributed by atoms with van der Waals surface area (Å²) in [5, 5.41) is 15.3. The van der Waals surface area contributed by atoms with Crippen molar-refractivity contribution < 1.29 is 17.9 Å². The number of halogens is 1. The standard InChI is InChI=1S/C23H16FN3O3S/c24-15-11-9-14(10-12-15)13-25-23-17-6-2-1-5-16(17)22(28)21(26-23)20-18-7-3-4-8-19(18)31(29,30)27-20/h1-12,28H,13H2,(H,25,26). The lowest BCUT2D eigenvalue weighted by molar-refractivity contribution is 0.478. The molecule has 0 saturated carbocycles. The first-order valence-corrected chi connectivity index (χ1v) is 10.9. The van der Waals surface area contributed by atoms with E-state index in [9.17, 15) is 17.9 Å². The number of fused-ring (bicyclic) bond motifs is 2. The van der Waals surface area contributed by atoms with E-state index in [0.29, 0.717) is 28.7 Å². The van der Waals surface area contributed by atoms with Gasteiger partial charge in [-0.2, -0.15) is 12.8 Å². The Bertz CT molecular complexity index is 1470. The summed E-state index contributed by atoms with van der Waals surface area (Å²) >= 11 is 0. The summed E-state index contributed by atoms with van der Waals surface area (Å²) in [6.45, 7) is 0.364. The third-order valence-corrected chi connectivity index (χ3v) is 6.45. The van der Waals surface area contributed by atoms with Crippen LogP contribution in [0.2, 0.25) is 0 Å². The van der Waals surface area contributed by atoms with Gasteiger partial charge in [-0.3, -0.25) is 0 Å². The second-order valence-electron chi connectivity index (χ2n) is 7.09. The molecule has 1 aliphatic rings. The minimum atomic E-state index is -3.86. The normalized spacial score (nSPS) is 14.3. The van der Waals surface area contributed by atoms with Crippen molar-refractivity contribution in [3.05, 3.63) is 95.4 Å². The predicted molar refractivity (Wildman–Crippen MR) is 116 cm³/mol. The lowest BCUT2D eigenvalue weighted by Crippen LogP contribution is -2.09. The number of pyridine rings is 1. The van der Waals surface area contributed by atoms with Crippen molar-refractivity contribution in [2.24, 2.45) is 4.40 Å². The maximum atomic E-state index is 13.2. The van der Waals surface area contributed by atoms with E-state index in [2.05, 4.69) is 14.7 Å². The highest BCUT2D eigenvalue weighted by atomic mass is 32.2. The Morgan fingerprint density at radius 2 is 1.58 bits per heavy atom. The lowest BCUT2D eigenvalue weighted by atomic mass is 10.0. The van der Waals surface area contributed by atoms with Crippen molar-refractivity contribution in [3.63, 3.8) is 0 Å². The van der Waals surface area contributed by atoms with Gasteiger partial charge < -0.3 is 10.4 Å². The number of hydrogen-bond acceptors (Lipinski definition) is 5. The summed E-state index contributed by atoms with van der Waals surface area (Å²) in [4.78, 5) is 4.63. The summed E-state index contributed by atoms with van der Waals surface area (Å²) < 4.78 is 42.1. The molecule has 0 amide bonds. The van der Waals surface area contributed by atoms with Crippen molar-refractivity contribution in [2.75, 3.05) is 5.32 Å². The van der Waals surface area contributed by atoms with Crippen molar-refractivity contribution >= 4 is 32.3 Å². The maximum absolute atomic E-state index is 13.2. The fraction of sp³-hybridized carbons (Fsp3) is 0.0435. The van der Waals surface area contributed by atoms with E-state index in [1.54, 1.807) is 48.5 Å². The highest BCUT2D eigenvalue weighted by molar-refractivity contribution is 7.90. The number of aromatic hydroxyl groups is 1. The van der Waals surface area contributed by atoms with Crippen LogP contribution >= 0.6 is 0 Å². The van der Waals surface area contributed by atoms with Gasteiger partial charge in [-0.15, -0.1) is 0 Å². The summed E-state index contributed by atoms with van der Waals surface area (Å²) in [6.07, 6.45) is 0. The van der Waals surface area contributed by atoms with Crippen molar-refractivity contribution in [1.82, 2.24) is 4.98 Å². The third kappa shape index (κ3) is 3.30. The maximum Gasteiger partial charge on any atom is 0.283 e. The molecule has 0 spiro atoms. The van der Waals surface area contributed by atoms with Gasteiger partial charge in [0.05, 0.1) is 4.90 Å². The Hall–Kier alpha value is -3.78. The number of benzene rings is 3. The lowest BCUT2D eigenvalue weighted by Gasteiger charge is -2.14. The van der Waals surface area contributed by atoms with E-state index < -0.39 is 10.0 Å². The number of rotatable bonds is 4. The molecule has 0 unspecified atom stereocenters. The zero-order valence-electron chi connectivity index (χ0n) is 16.1. The molecule has 0 fully saturated rings. The molecule has 0 saturated heterocycles. The summed E-state index contributed by atoms with van der Waals surface area (Å²) in [5.41, 5.74) is 1.41. The Kier molecular flexibility index (Phi) is 4.44. The summed E-state index contributed by atoms with van der Waals surface area (Å²) in [6, 6.07) is 19.7. The Labute approximate surface area is 177 Å². The molecule has 5 rings (SSSR count). The van der Waals surface area contributed by atoms with Gasteiger partial charge in [-0.1, -0.05) is 54.6 Å². The van der Waals surface area contributed by atoms with Crippen LogP contribution in [0.25, 0.3) is 10.8 Å². The van der Waals surface area contributed by atoms with E-state index in [-0.39, 0.29) is 27.9 Å². The van der Waals surface area contributed by atoms with Crippen molar-refractivity contribution in [2.45, 2.75) is 11.4 Å². The number of nitrogens with one attached hydrogen (secondary N) is 1. The smallest absolute Gasteiger partial charge is 0.283 e. The second kappa shape index (κ2) is 7.17. The molecular formula is C23H16FN3O3S. The average Bonchev–Trinajstić information content (AvgIpc) is 3.05. The molecule has 0 radical (unpaired) electrons. The number of aromatic nitrogens is 1. The van der Waals surface area contributed by atoms with Crippen molar-refractivity contribution in [3.8, 4) is 5.75 Å². The SMILES string of the molecule is O=S1(=O)N=C(c2nc(NCc3ccc(F)cc3)c3ccccc3c2O)c2ccccc21. The van der Waals surface area contributed by atoms with Crippen LogP contribution in [0.4, 0.5) is 10.2 Å². The van der Waals surface area contributed by atoms with E-state index >= 15 is 0 Å². The predicted octanol–water partition coefficient (Wildman–Crippen LogP) is 4.23. The van der Waals surface area contributed by atoms with Crippen molar-refractivity contribution in [1.29, 1.82) is 0 Å². The number of nitrogens with zero attached hydrogens (tertiary/aromatic N) is 2. The molecule has 8 heteroatoms. The van der Waals surface area contributed by atoms with Gasteiger partial charge in [-0.25, -0.2) is 9.37 Å². The second-order valence-corrected chi connectivity index (χ2v) is 8.67. The molecule has 3 aromatic carbocycles. The minimum Gasteiger partial charge on any atom is -0.505 e. The quantitative estimate of drug-likeness (QED) is 0.503. The van der Waals surface area contributed by atoms with Crippen LogP contribution in [0.3, 0.4) is 0 Å². The monoisotopic (exact) mass is 433 g/mol. The molecule has 1 aromatic heterocycles. The van der Waals surface area contributed by atoms with Crippen LogP contribution < -0.4 is 5.32 Å². The van der Waals surface area contributed by atoms with Gasteiger partial charge in [-0.05, 0) is 23.8 Å². The number of sulfonamides is 1. The molecule has 2 heterocycles. The molecule has 0 bridgehead atoms. The van der Waals surface area contributed by atoms with E-state index in [1.807, 2.05) is 6.07 Å². The minimum absolute atomic E-state index is 0.0776. The third-order valence-electron chi connectivity index (χ3n) is 5.11. The Balaban J connectivity index is 1.65. The Morgan fingerprint density at radius 1 is 0.903 bits per heavy atom. The molecule has 6 nitrogen and oxygen atoms in total. The average molecular weight is 433 g/mol. The molecule has 154 valence electrons.